The molecule has 0 saturated carbocycles. The number of carbonyl (C=O) groups is 1. The third-order valence-electron chi connectivity index (χ3n) is 3.63. The zero-order valence-electron chi connectivity index (χ0n) is 14.2. The predicted molar refractivity (Wildman–Crippen MR) is 91.0 cm³/mol. The molecule has 3 nitrogen and oxygen atoms in total. The van der Waals surface area contributed by atoms with Crippen LogP contribution in [0.3, 0.4) is 0 Å². The summed E-state index contributed by atoms with van der Waals surface area (Å²) in [6.07, 6.45) is 2.40. The summed E-state index contributed by atoms with van der Waals surface area (Å²) in [6, 6.07) is 8.03. The second kappa shape index (κ2) is 8.71. The van der Waals surface area contributed by atoms with Crippen LogP contribution in [0.1, 0.15) is 50.9 Å². The van der Waals surface area contributed by atoms with Crippen LogP contribution in [-0.2, 0) is 0 Å². The van der Waals surface area contributed by atoms with Gasteiger partial charge in [-0.15, -0.1) is 0 Å². The van der Waals surface area contributed by atoms with Crippen molar-refractivity contribution < 1.29 is 4.79 Å². The number of carbonyl (C=O) groups excluding carboxylic acids is 1. The van der Waals surface area contributed by atoms with Crippen LogP contribution < -0.4 is 4.90 Å². The van der Waals surface area contributed by atoms with Gasteiger partial charge in [-0.2, -0.15) is 0 Å². The molecule has 0 heterocycles. The highest BCUT2D eigenvalue weighted by Crippen LogP contribution is 2.17. The van der Waals surface area contributed by atoms with Gasteiger partial charge in [0.2, 0.25) is 0 Å². The van der Waals surface area contributed by atoms with Crippen LogP contribution in [0.5, 0.6) is 0 Å². The minimum absolute atomic E-state index is 0.104. The highest BCUT2D eigenvalue weighted by Gasteiger charge is 2.13. The first-order chi connectivity index (χ1) is 9.99. The van der Waals surface area contributed by atoms with Crippen molar-refractivity contribution in [2.45, 2.75) is 40.5 Å². The highest BCUT2D eigenvalue weighted by molar-refractivity contribution is 5.94. The molecule has 1 aromatic carbocycles. The molecule has 0 bridgehead atoms. The van der Waals surface area contributed by atoms with Gasteiger partial charge in [0.25, 0.3) is 5.91 Å². The van der Waals surface area contributed by atoms with E-state index < -0.39 is 0 Å². The zero-order chi connectivity index (χ0) is 15.8. The Balaban J connectivity index is 2.74. The summed E-state index contributed by atoms with van der Waals surface area (Å²) in [5.41, 5.74) is 1.97. The van der Waals surface area contributed by atoms with Gasteiger partial charge in [0.05, 0.1) is 0 Å². The van der Waals surface area contributed by atoms with E-state index in [1.807, 2.05) is 19.2 Å². The van der Waals surface area contributed by atoms with Gasteiger partial charge in [-0.05, 0) is 43.5 Å². The molecule has 0 aromatic heterocycles. The van der Waals surface area contributed by atoms with E-state index in [0.29, 0.717) is 5.92 Å². The predicted octanol–water partition coefficient (Wildman–Crippen LogP) is 4.04. The van der Waals surface area contributed by atoms with E-state index >= 15 is 0 Å². The van der Waals surface area contributed by atoms with Crippen LogP contribution in [-0.4, -0.2) is 37.5 Å². The fraction of sp³-hybridized carbons (Fsp3) is 0.611. The van der Waals surface area contributed by atoms with Crippen LogP contribution in [0.25, 0.3) is 0 Å². The molecule has 1 aromatic rings. The summed E-state index contributed by atoms with van der Waals surface area (Å²) in [5.74, 6) is 0.592. The van der Waals surface area contributed by atoms with Crippen molar-refractivity contribution >= 4 is 11.6 Å². The average molecular weight is 290 g/mol. The molecule has 0 spiro atoms. The fourth-order valence-electron chi connectivity index (χ4n) is 2.48. The Labute approximate surface area is 129 Å². The van der Waals surface area contributed by atoms with E-state index in [4.69, 9.17) is 0 Å². The number of hydrogen-bond donors (Lipinski definition) is 0. The van der Waals surface area contributed by atoms with Gasteiger partial charge in [-0.25, -0.2) is 0 Å². The van der Waals surface area contributed by atoms with E-state index in [-0.39, 0.29) is 5.91 Å². The summed E-state index contributed by atoms with van der Waals surface area (Å²) in [7, 11) is 1.87. The first-order valence-electron chi connectivity index (χ1n) is 8.10. The summed E-state index contributed by atoms with van der Waals surface area (Å²) in [4.78, 5) is 16.5. The lowest BCUT2D eigenvalue weighted by molar-refractivity contribution is 0.0779. The number of hydrogen-bond acceptors (Lipinski definition) is 2. The molecular formula is C18H30N2O. The van der Waals surface area contributed by atoms with Crippen molar-refractivity contribution in [3.05, 3.63) is 29.8 Å². The van der Waals surface area contributed by atoms with E-state index in [2.05, 4.69) is 44.7 Å². The Hall–Kier alpha value is -1.51. The third kappa shape index (κ3) is 5.41. The molecule has 0 radical (unpaired) electrons. The molecule has 0 saturated heterocycles. The van der Waals surface area contributed by atoms with Crippen LogP contribution in [0, 0.1) is 5.92 Å². The van der Waals surface area contributed by atoms with Crippen LogP contribution >= 0.6 is 0 Å². The molecule has 0 aliphatic heterocycles. The maximum absolute atomic E-state index is 12.3. The van der Waals surface area contributed by atoms with Crippen LogP contribution in [0.2, 0.25) is 0 Å². The van der Waals surface area contributed by atoms with Gasteiger partial charge in [-0.3, -0.25) is 4.79 Å². The SMILES string of the molecule is CCCCN(CC)c1ccc(C(=O)N(C)CC(C)C)cc1. The maximum atomic E-state index is 12.3. The van der Waals surface area contributed by atoms with Gasteiger partial charge >= 0.3 is 0 Å². The Morgan fingerprint density at radius 2 is 1.76 bits per heavy atom. The quantitative estimate of drug-likeness (QED) is 0.721. The molecule has 21 heavy (non-hydrogen) atoms. The number of anilines is 1. The molecule has 0 aliphatic carbocycles. The second-order valence-electron chi connectivity index (χ2n) is 6.06. The largest absolute Gasteiger partial charge is 0.372 e. The summed E-state index contributed by atoms with van der Waals surface area (Å²) in [5, 5.41) is 0. The Kier molecular flexibility index (Phi) is 7.27. The smallest absolute Gasteiger partial charge is 0.253 e. The summed E-state index contributed by atoms with van der Waals surface area (Å²) < 4.78 is 0. The molecule has 118 valence electrons. The van der Waals surface area contributed by atoms with Crippen molar-refractivity contribution in [3.63, 3.8) is 0 Å². The molecule has 1 rings (SSSR count). The lowest BCUT2D eigenvalue weighted by Gasteiger charge is -2.24. The Morgan fingerprint density at radius 3 is 2.24 bits per heavy atom. The van der Waals surface area contributed by atoms with Crippen molar-refractivity contribution in [2.24, 2.45) is 5.92 Å². The standard InChI is InChI=1S/C18H30N2O/c1-6-8-13-20(7-2)17-11-9-16(10-12-17)18(21)19(5)14-15(3)4/h9-12,15H,6-8,13-14H2,1-5H3. The monoisotopic (exact) mass is 290 g/mol. The zero-order valence-corrected chi connectivity index (χ0v) is 14.2. The first-order valence-corrected chi connectivity index (χ1v) is 8.10. The van der Waals surface area contributed by atoms with Gasteiger partial charge < -0.3 is 9.80 Å². The van der Waals surface area contributed by atoms with Crippen molar-refractivity contribution in [2.75, 3.05) is 31.6 Å². The lowest BCUT2D eigenvalue weighted by Crippen LogP contribution is -2.30. The molecular weight excluding hydrogens is 260 g/mol. The summed E-state index contributed by atoms with van der Waals surface area (Å²) >= 11 is 0. The van der Waals surface area contributed by atoms with Crippen molar-refractivity contribution in [1.82, 2.24) is 4.90 Å². The van der Waals surface area contributed by atoms with Gasteiger partial charge in [0.1, 0.15) is 0 Å². The molecule has 1 amide bonds. The molecule has 3 heteroatoms. The van der Waals surface area contributed by atoms with Gasteiger partial charge in [0, 0.05) is 37.9 Å². The van der Waals surface area contributed by atoms with Crippen molar-refractivity contribution in [1.29, 1.82) is 0 Å². The topological polar surface area (TPSA) is 23.6 Å². The lowest BCUT2D eigenvalue weighted by atomic mass is 10.1. The Bertz CT molecular complexity index is 425. The number of rotatable bonds is 8. The van der Waals surface area contributed by atoms with Gasteiger partial charge in [0.15, 0.2) is 0 Å². The molecule has 0 unspecified atom stereocenters. The van der Waals surface area contributed by atoms with Crippen LogP contribution in [0.4, 0.5) is 5.69 Å². The Morgan fingerprint density at radius 1 is 1.14 bits per heavy atom. The van der Waals surface area contributed by atoms with Crippen molar-refractivity contribution in [3.8, 4) is 0 Å². The second-order valence-corrected chi connectivity index (χ2v) is 6.06. The third-order valence-corrected chi connectivity index (χ3v) is 3.63. The number of benzene rings is 1. The first kappa shape index (κ1) is 17.5. The van der Waals surface area contributed by atoms with E-state index in [1.54, 1.807) is 4.90 Å². The number of nitrogens with zero attached hydrogens (tertiary/aromatic N) is 2. The minimum atomic E-state index is 0.104. The number of amides is 1. The normalized spacial score (nSPS) is 10.8. The molecule has 0 N–H and O–H groups in total. The molecule has 0 aliphatic rings. The molecule has 0 fully saturated rings. The average Bonchev–Trinajstić information content (AvgIpc) is 2.47. The summed E-state index contributed by atoms with van der Waals surface area (Å²) in [6.45, 7) is 11.5. The fourth-order valence-corrected chi connectivity index (χ4v) is 2.48. The van der Waals surface area contributed by atoms with E-state index in [9.17, 15) is 4.79 Å². The van der Waals surface area contributed by atoms with Gasteiger partial charge in [-0.1, -0.05) is 27.2 Å². The maximum Gasteiger partial charge on any atom is 0.253 e. The van der Waals surface area contributed by atoms with E-state index in [0.717, 1.165) is 25.2 Å². The van der Waals surface area contributed by atoms with Crippen LogP contribution in [0.15, 0.2) is 24.3 Å². The van der Waals surface area contributed by atoms with E-state index in [1.165, 1.54) is 18.5 Å². The highest BCUT2D eigenvalue weighted by atomic mass is 16.2. The molecule has 0 atom stereocenters. The minimum Gasteiger partial charge on any atom is -0.372 e. The number of unbranched alkanes of at least 4 members (excludes halogenated alkanes) is 1.